The van der Waals surface area contributed by atoms with Gasteiger partial charge in [0.1, 0.15) is 5.75 Å². The van der Waals surface area contributed by atoms with E-state index in [0.717, 1.165) is 38.3 Å². The summed E-state index contributed by atoms with van der Waals surface area (Å²) in [6.45, 7) is 6.24. The maximum Gasteiger partial charge on any atom is 0.115 e. The number of rotatable bonds is 3. The minimum atomic E-state index is 0.279. The molecule has 1 aromatic carbocycles. The lowest BCUT2D eigenvalue weighted by molar-refractivity contribution is 0.475. The van der Waals surface area contributed by atoms with Gasteiger partial charge in [0.15, 0.2) is 0 Å². The smallest absolute Gasteiger partial charge is 0.115 e. The number of phenols is 1. The van der Waals surface area contributed by atoms with Crippen molar-refractivity contribution in [1.82, 2.24) is 15.1 Å². The maximum absolute atomic E-state index is 9.39. The van der Waals surface area contributed by atoms with Gasteiger partial charge >= 0.3 is 0 Å². The van der Waals surface area contributed by atoms with Gasteiger partial charge in [-0.15, -0.1) is 0 Å². The zero-order chi connectivity index (χ0) is 13.9. The van der Waals surface area contributed by atoms with Crippen LogP contribution in [0, 0.1) is 0 Å². The Morgan fingerprint density at radius 1 is 1.20 bits per heavy atom. The van der Waals surface area contributed by atoms with Crippen molar-refractivity contribution in [3.05, 3.63) is 36.2 Å². The molecule has 0 saturated carbocycles. The highest BCUT2D eigenvalue weighted by molar-refractivity contribution is 5.53. The molecule has 0 amide bonds. The van der Waals surface area contributed by atoms with Gasteiger partial charge in [-0.05, 0) is 30.7 Å². The number of hydrogen-bond acceptors (Lipinski definition) is 4. The highest BCUT2D eigenvalue weighted by Crippen LogP contribution is 2.25. The van der Waals surface area contributed by atoms with E-state index in [2.05, 4.69) is 22.2 Å². The molecule has 106 valence electrons. The molecule has 5 heteroatoms. The average Bonchev–Trinajstić information content (AvgIpc) is 2.93. The Kier molecular flexibility index (Phi) is 3.60. The van der Waals surface area contributed by atoms with Crippen molar-refractivity contribution in [2.24, 2.45) is 0 Å². The van der Waals surface area contributed by atoms with E-state index in [1.165, 1.54) is 11.4 Å². The Balaban J connectivity index is 1.96. The van der Waals surface area contributed by atoms with Gasteiger partial charge in [-0.1, -0.05) is 6.92 Å². The van der Waals surface area contributed by atoms with Gasteiger partial charge < -0.3 is 15.3 Å². The number of piperazine rings is 1. The molecule has 0 atom stereocenters. The quantitative estimate of drug-likeness (QED) is 0.890. The predicted octanol–water partition coefficient (Wildman–Crippen LogP) is 1.55. The molecule has 2 heterocycles. The standard InChI is InChI=1S/C15H20N4O/c1-2-14-15(18-9-7-16-8-10-18)11-17-19(14)12-3-5-13(20)6-4-12/h3-6,11,16,20H,2,7-10H2,1H3. The van der Waals surface area contributed by atoms with E-state index in [1.807, 2.05) is 23.0 Å². The molecule has 1 aliphatic rings. The monoisotopic (exact) mass is 272 g/mol. The lowest BCUT2D eigenvalue weighted by Crippen LogP contribution is -2.43. The van der Waals surface area contributed by atoms with Crippen LogP contribution in [0.1, 0.15) is 12.6 Å². The van der Waals surface area contributed by atoms with Gasteiger partial charge in [-0.3, -0.25) is 0 Å². The van der Waals surface area contributed by atoms with Crippen molar-refractivity contribution in [2.75, 3.05) is 31.1 Å². The molecule has 1 fully saturated rings. The number of anilines is 1. The SMILES string of the molecule is CCc1c(N2CCNCC2)cnn1-c1ccc(O)cc1. The van der Waals surface area contributed by atoms with Gasteiger partial charge in [0.2, 0.25) is 0 Å². The first kappa shape index (κ1) is 13.0. The Morgan fingerprint density at radius 2 is 1.90 bits per heavy atom. The molecule has 5 nitrogen and oxygen atoms in total. The highest BCUT2D eigenvalue weighted by Gasteiger charge is 2.18. The fraction of sp³-hybridized carbons (Fsp3) is 0.400. The molecule has 0 aliphatic carbocycles. The van der Waals surface area contributed by atoms with Crippen molar-refractivity contribution in [1.29, 1.82) is 0 Å². The zero-order valence-corrected chi connectivity index (χ0v) is 11.7. The van der Waals surface area contributed by atoms with Crippen LogP contribution in [0.5, 0.6) is 5.75 Å². The van der Waals surface area contributed by atoms with Gasteiger partial charge in [-0.2, -0.15) is 5.10 Å². The summed E-state index contributed by atoms with van der Waals surface area (Å²) < 4.78 is 1.97. The summed E-state index contributed by atoms with van der Waals surface area (Å²) in [5, 5.41) is 17.3. The molecule has 20 heavy (non-hydrogen) atoms. The largest absolute Gasteiger partial charge is 0.508 e. The molecule has 1 saturated heterocycles. The first-order chi connectivity index (χ1) is 9.79. The number of aromatic hydroxyl groups is 1. The highest BCUT2D eigenvalue weighted by atomic mass is 16.3. The van der Waals surface area contributed by atoms with E-state index < -0.39 is 0 Å². The summed E-state index contributed by atoms with van der Waals surface area (Å²) in [6.07, 6.45) is 2.89. The van der Waals surface area contributed by atoms with Crippen molar-refractivity contribution >= 4 is 5.69 Å². The Hall–Kier alpha value is -2.01. The second-order valence-corrected chi connectivity index (χ2v) is 5.00. The number of nitrogens with one attached hydrogen (secondary N) is 1. The van der Waals surface area contributed by atoms with Crippen molar-refractivity contribution in [3.8, 4) is 11.4 Å². The van der Waals surface area contributed by atoms with Gasteiger partial charge in [0, 0.05) is 26.2 Å². The number of aromatic nitrogens is 2. The van der Waals surface area contributed by atoms with Gasteiger partial charge in [0.05, 0.1) is 23.3 Å². The van der Waals surface area contributed by atoms with Crippen LogP contribution in [0.15, 0.2) is 30.5 Å². The average molecular weight is 272 g/mol. The van der Waals surface area contributed by atoms with E-state index in [0.29, 0.717) is 0 Å². The minimum Gasteiger partial charge on any atom is -0.508 e. The fourth-order valence-corrected chi connectivity index (χ4v) is 2.68. The van der Waals surface area contributed by atoms with E-state index >= 15 is 0 Å². The number of phenolic OH excluding ortho intramolecular Hbond substituents is 1. The molecule has 2 N–H and O–H groups in total. The molecule has 1 aliphatic heterocycles. The Morgan fingerprint density at radius 3 is 2.55 bits per heavy atom. The summed E-state index contributed by atoms with van der Waals surface area (Å²) in [6, 6.07) is 7.17. The molecular weight excluding hydrogens is 252 g/mol. The molecule has 1 aromatic heterocycles. The van der Waals surface area contributed by atoms with E-state index in [9.17, 15) is 5.11 Å². The second kappa shape index (κ2) is 5.54. The summed E-state index contributed by atoms with van der Waals surface area (Å²) in [4.78, 5) is 2.39. The van der Waals surface area contributed by atoms with Crippen LogP contribution in [-0.2, 0) is 6.42 Å². The molecule has 0 spiro atoms. The number of hydrogen-bond donors (Lipinski definition) is 2. The molecule has 0 unspecified atom stereocenters. The molecule has 0 radical (unpaired) electrons. The Bertz CT molecular complexity index is 570. The molecule has 2 aromatic rings. The Labute approximate surface area is 118 Å². The lowest BCUT2D eigenvalue weighted by atomic mass is 10.2. The maximum atomic E-state index is 9.39. The van der Waals surface area contributed by atoms with Crippen LogP contribution >= 0.6 is 0 Å². The van der Waals surface area contributed by atoms with E-state index in [1.54, 1.807) is 12.1 Å². The minimum absolute atomic E-state index is 0.279. The molecule has 0 bridgehead atoms. The normalized spacial score (nSPS) is 15.6. The molecule has 3 rings (SSSR count). The van der Waals surface area contributed by atoms with E-state index in [4.69, 9.17) is 0 Å². The van der Waals surface area contributed by atoms with Crippen LogP contribution in [0.4, 0.5) is 5.69 Å². The van der Waals surface area contributed by atoms with Gasteiger partial charge in [0.25, 0.3) is 0 Å². The number of benzene rings is 1. The lowest BCUT2D eigenvalue weighted by Gasteiger charge is -2.29. The van der Waals surface area contributed by atoms with Crippen LogP contribution < -0.4 is 10.2 Å². The third kappa shape index (κ3) is 2.36. The van der Waals surface area contributed by atoms with Crippen LogP contribution in [0.25, 0.3) is 5.69 Å². The van der Waals surface area contributed by atoms with Gasteiger partial charge in [-0.25, -0.2) is 4.68 Å². The third-order valence-electron chi connectivity index (χ3n) is 3.73. The van der Waals surface area contributed by atoms with E-state index in [-0.39, 0.29) is 5.75 Å². The topological polar surface area (TPSA) is 53.3 Å². The van der Waals surface area contributed by atoms with Crippen LogP contribution in [0.2, 0.25) is 0 Å². The summed E-state index contributed by atoms with van der Waals surface area (Å²) in [7, 11) is 0. The first-order valence-corrected chi connectivity index (χ1v) is 7.11. The second-order valence-electron chi connectivity index (χ2n) is 5.00. The van der Waals surface area contributed by atoms with Crippen molar-refractivity contribution < 1.29 is 5.11 Å². The van der Waals surface area contributed by atoms with Crippen molar-refractivity contribution in [3.63, 3.8) is 0 Å². The van der Waals surface area contributed by atoms with Crippen LogP contribution in [0.3, 0.4) is 0 Å². The van der Waals surface area contributed by atoms with Crippen molar-refractivity contribution in [2.45, 2.75) is 13.3 Å². The summed E-state index contributed by atoms with van der Waals surface area (Å²) in [5.74, 6) is 0.279. The van der Waals surface area contributed by atoms with Crippen LogP contribution in [-0.4, -0.2) is 41.1 Å². The number of nitrogens with zero attached hydrogens (tertiary/aromatic N) is 3. The third-order valence-corrected chi connectivity index (χ3v) is 3.73. The summed E-state index contributed by atoms with van der Waals surface area (Å²) >= 11 is 0. The zero-order valence-electron chi connectivity index (χ0n) is 11.7. The first-order valence-electron chi connectivity index (χ1n) is 7.11. The summed E-state index contributed by atoms with van der Waals surface area (Å²) in [5.41, 5.74) is 3.43. The predicted molar refractivity (Wildman–Crippen MR) is 79.7 cm³/mol. The molecular formula is C15H20N4O. The fourth-order valence-electron chi connectivity index (χ4n) is 2.68.